The standard InChI is InChI=1S/C14H16N4O3/c1-9-4-5-12(21-3)11(6-9)16-14-8-10(18(19)20)7-13(15-2)17-14/h4-8H,1-3H3,(H2,15,16,17). The number of benzene rings is 1. The molecule has 0 saturated carbocycles. The predicted octanol–water partition coefficient (Wildman–Crippen LogP) is 3.09. The highest BCUT2D eigenvalue weighted by molar-refractivity contribution is 5.67. The third-order valence-corrected chi connectivity index (χ3v) is 2.89. The summed E-state index contributed by atoms with van der Waals surface area (Å²) in [6, 6.07) is 8.39. The molecule has 0 spiro atoms. The Balaban J connectivity index is 2.41. The van der Waals surface area contributed by atoms with Crippen molar-refractivity contribution in [2.45, 2.75) is 6.92 Å². The lowest BCUT2D eigenvalue weighted by Gasteiger charge is -2.12. The second-order valence-corrected chi connectivity index (χ2v) is 4.43. The Morgan fingerprint density at radius 1 is 1.24 bits per heavy atom. The quantitative estimate of drug-likeness (QED) is 0.649. The molecular formula is C14H16N4O3. The second kappa shape index (κ2) is 6.08. The van der Waals surface area contributed by atoms with Crippen molar-refractivity contribution in [2.24, 2.45) is 0 Å². The van der Waals surface area contributed by atoms with Crippen LogP contribution in [-0.2, 0) is 0 Å². The lowest BCUT2D eigenvalue weighted by Crippen LogP contribution is -2.01. The molecule has 1 aromatic carbocycles. The number of ether oxygens (including phenoxy) is 1. The zero-order valence-electron chi connectivity index (χ0n) is 12.0. The van der Waals surface area contributed by atoms with Crippen LogP contribution < -0.4 is 15.4 Å². The van der Waals surface area contributed by atoms with Crippen LogP contribution in [0.15, 0.2) is 30.3 Å². The summed E-state index contributed by atoms with van der Waals surface area (Å²) >= 11 is 0. The smallest absolute Gasteiger partial charge is 0.276 e. The maximum atomic E-state index is 10.9. The van der Waals surface area contributed by atoms with E-state index in [1.165, 1.54) is 12.1 Å². The van der Waals surface area contributed by atoms with Crippen LogP contribution in [0.5, 0.6) is 5.75 Å². The number of hydrogen-bond donors (Lipinski definition) is 2. The van der Waals surface area contributed by atoms with Gasteiger partial charge in [0, 0.05) is 7.05 Å². The highest BCUT2D eigenvalue weighted by atomic mass is 16.6. The van der Waals surface area contributed by atoms with E-state index in [-0.39, 0.29) is 5.69 Å². The van der Waals surface area contributed by atoms with Crippen LogP contribution in [0, 0.1) is 17.0 Å². The van der Waals surface area contributed by atoms with Gasteiger partial charge < -0.3 is 15.4 Å². The van der Waals surface area contributed by atoms with Gasteiger partial charge in [-0.05, 0) is 24.6 Å². The first-order valence-electron chi connectivity index (χ1n) is 6.29. The molecule has 0 aliphatic carbocycles. The van der Waals surface area contributed by atoms with Crippen molar-refractivity contribution in [3.8, 4) is 5.75 Å². The van der Waals surface area contributed by atoms with E-state index in [4.69, 9.17) is 4.74 Å². The average molecular weight is 288 g/mol. The molecule has 0 saturated heterocycles. The zero-order chi connectivity index (χ0) is 15.4. The van der Waals surface area contributed by atoms with Crippen LogP contribution in [0.1, 0.15) is 5.56 Å². The first-order valence-corrected chi connectivity index (χ1v) is 6.29. The number of hydrogen-bond acceptors (Lipinski definition) is 6. The number of anilines is 3. The van der Waals surface area contributed by atoms with E-state index in [9.17, 15) is 10.1 Å². The fraction of sp³-hybridized carbons (Fsp3) is 0.214. The Hall–Kier alpha value is -2.83. The summed E-state index contributed by atoms with van der Waals surface area (Å²) in [4.78, 5) is 14.7. The molecular weight excluding hydrogens is 272 g/mol. The second-order valence-electron chi connectivity index (χ2n) is 4.43. The van der Waals surface area contributed by atoms with Gasteiger partial charge in [-0.15, -0.1) is 0 Å². The number of methoxy groups -OCH3 is 1. The topological polar surface area (TPSA) is 89.3 Å². The normalized spacial score (nSPS) is 10.0. The van der Waals surface area contributed by atoms with Crippen molar-refractivity contribution in [1.29, 1.82) is 0 Å². The fourth-order valence-corrected chi connectivity index (χ4v) is 1.87. The first-order chi connectivity index (χ1) is 10.0. The van der Waals surface area contributed by atoms with Crippen molar-refractivity contribution in [2.75, 3.05) is 24.8 Å². The number of nitrogens with zero attached hydrogens (tertiary/aromatic N) is 2. The van der Waals surface area contributed by atoms with Crippen LogP contribution in [0.25, 0.3) is 0 Å². The Labute approximate surface area is 122 Å². The lowest BCUT2D eigenvalue weighted by molar-refractivity contribution is -0.384. The Kier molecular flexibility index (Phi) is 4.22. The van der Waals surface area contributed by atoms with E-state index in [2.05, 4.69) is 15.6 Å². The highest BCUT2D eigenvalue weighted by Gasteiger charge is 2.12. The third kappa shape index (κ3) is 3.38. The minimum Gasteiger partial charge on any atom is -0.495 e. The van der Waals surface area contributed by atoms with Gasteiger partial charge >= 0.3 is 0 Å². The van der Waals surface area contributed by atoms with E-state index >= 15 is 0 Å². The molecule has 0 atom stereocenters. The molecule has 2 aromatic rings. The summed E-state index contributed by atoms with van der Waals surface area (Å²) in [7, 11) is 3.22. The van der Waals surface area contributed by atoms with E-state index in [0.717, 1.165) is 5.56 Å². The van der Waals surface area contributed by atoms with E-state index in [0.29, 0.717) is 23.1 Å². The van der Waals surface area contributed by atoms with Crippen LogP contribution in [0.2, 0.25) is 0 Å². The number of nitrogens with one attached hydrogen (secondary N) is 2. The number of aryl methyl sites for hydroxylation is 1. The number of rotatable bonds is 5. The Morgan fingerprint density at radius 3 is 2.57 bits per heavy atom. The Bertz CT molecular complexity index is 673. The number of pyridine rings is 1. The zero-order valence-corrected chi connectivity index (χ0v) is 12.0. The predicted molar refractivity (Wildman–Crippen MR) is 81.5 cm³/mol. The fourth-order valence-electron chi connectivity index (χ4n) is 1.87. The van der Waals surface area contributed by atoms with Crippen molar-refractivity contribution in [3.05, 3.63) is 46.0 Å². The molecule has 1 heterocycles. The van der Waals surface area contributed by atoms with Gasteiger partial charge in [0.05, 0.1) is 29.9 Å². The largest absolute Gasteiger partial charge is 0.495 e. The van der Waals surface area contributed by atoms with E-state index in [1.54, 1.807) is 14.2 Å². The van der Waals surface area contributed by atoms with Crippen LogP contribution in [0.4, 0.5) is 23.0 Å². The van der Waals surface area contributed by atoms with Crippen molar-refractivity contribution in [3.63, 3.8) is 0 Å². The summed E-state index contributed by atoms with van der Waals surface area (Å²) in [5.74, 6) is 1.43. The maximum absolute atomic E-state index is 10.9. The number of aromatic nitrogens is 1. The van der Waals surface area contributed by atoms with Gasteiger partial charge in [0.1, 0.15) is 17.4 Å². The van der Waals surface area contributed by atoms with Crippen molar-refractivity contribution < 1.29 is 9.66 Å². The lowest BCUT2D eigenvalue weighted by atomic mass is 10.2. The number of nitro groups is 1. The summed E-state index contributed by atoms with van der Waals surface area (Å²) in [5.41, 5.74) is 1.70. The highest BCUT2D eigenvalue weighted by Crippen LogP contribution is 2.30. The minimum absolute atomic E-state index is 0.0385. The molecule has 0 bridgehead atoms. The molecule has 7 heteroatoms. The minimum atomic E-state index is -0.457. The summed E-state index contributed by atoms with van der Waals surface area (Å²) < 4.78 is 5.27. The molecule has 110 valence electrons. The van der Waals surface area contributed by atoms with Crippen LogP contribution in [0.3, 0.4) is 0 Å². The van der Waals surface area contributed by atoms with Crippen LogP contribution in [-0.4, -0.2) is 24.1 Å². The summed E-state index contributed by atoms with van der Waals surface area (Å²) in [6.07, 6.45) is 0. The van der Waals surface area contributed by atoms with Gasteiger partial charge in [-0.25, -0.2) is 4.98 Å². The Morgan fingerprint density at radius 2 is 1.95 bits per heavy atom. The first kappa shape index (κ1) is 14.6. The van der Waals surface area contributed by atoms with Crippen LogP contribution >= 0.6 is 0 Å². The molecule has 0 unspecified atom stereocenters. The molecule has 0 radical (unpaired) electrons. The molecule has 1 aromatic heterocycles. The molecule has 21 heavy (non-hydrogen) atoms. The van der Waals surface area contributed by atoms with Gasteiger partial charge in [-0.1, -0.05) is 6.07 Å². The molecule has 7 nitrogen and oxygen atoms in total. The van der Waals surface area contributed by atoms with E-state index < -0.39 is 4.92 Å². The SMILES string of the molecule is CNc1cc([N+](=O)[O-])cc(Nc2cc(C)ccc2OC)n1. The average Bonchev–Trinajstić information content (AvgIpc) is 2.47. The molecule has 0 fully saturated rings. The van der Waals surface area contributed by atoms with Gasteiger partial charge in [0.25, 0.3) is 5.69 Å². The molecule has 2 N–H and O–H groups in total. The van der Waals surface area contributed by atoms with Crippen molar-refractivity contribution in [1.82, 2.24) is 4.98 Å². The van der Waals surface area contributed by atoms with Gasteiger partial charge in [0.15, 0.2) is 0 Å². The van der Waals surface area contributed by atoms with Gasteiger partial charge in [0.2, 0.25) is 0 Å². The molecule has 0 amide bonds. The van der Waals surface area contributed by atoms with Gasteiger partial charge in [-0.2, -0.15) is 0 Å². The van der Waals surface area contributed by atoms with Crippen molar-refractivity contribution >= 4 is 23.0 Å². The molecule has 2 rings (SSSR count). The summed E-state index contributed by atoms with van der Waals surface area (Å²) in [6.45, 7) is 1.95. The molecule has 0 aliphatic rings. The van der Waals surface area contributed by atoms with Gasteiger partial charge in [-0.3, -0.25) is 10.1 Å². The summed E-state index contributed by atoms with van der Waals surface area (Å²) in [5, 5.41) is 16.8. The third-order valence-electron chi connectivity index (χ3n) is 2.89. The molecule has 0 aliphatic heterocycles. The monoisotopic (exact) mass is 288 g/mol. The maximum Gasteiger partial charge on any atom is 0.276 e. The van der Waals surface area contributed by atoms with E-state index in [1.807, 2.05) is 25.1 Å².